The lowest BCUT2D eigenvalue weighted by atomic mass is 10.1. The third-order valence-electron chi connectivity index (χ3n) is 7.16. The highest BCUT2D eigenvalue weighted by molar-refractivity contribution is 7.46. The molecule has 0 unspecified atom stereocenters. The quantitative estimate of drug-likeness (QED) is 0.0332. The van der Waals surface area contributed by atoms with E-state index in [0.717, 1.165) is 38.5 Å². The molecule has 256 valence electrons. The second kappa shape index (κ2) is 31.3. The average molecular weight is 643 g/mol. The van der Waals surface area contributed by atoms with Crippen molar-refractivity contribution >= 4 is 19.8 Å². The van der Waals surface area contributed by atoms with Crippen LogP contribution in [0.4, 0.5) is 0 Å². The first-order valence-electron chi connectivity index (χ1n) is 17.3. The maximum absolute atomic E-state index is 12.3. The fourth-order valence-corrected chi connectivity index (χ4v) is 4.92. The summed E-state index contributed by atoms with van der Waals surface area (Å²) in [6.07, 6.45) is 34.5. The first kappa shape index (κ1) is 42.3. The largest absolute Gasteiger partial charge is 0.469 e. The highest BCUT2D eigenvalue weighted by Gasteiger charge is 2.22. The lowest BCUT2D eigenvalue weighted by Gasteiger charge is -2.18. The standard InChI is InChI=1S/C35H63O8P/c1-3-5-7-9-11-13-14-15-16-17-18-19-20-22-24-26-28-30-35(37)43-33(32-42-44(38,39)40)31-41-34(36)29-27-25-23-21-12-10-8-6-4-2/h15-16,18-19,22,24,33H,3-14,17,20-21,23,25-32H2,1-2H3,(H2,38,39,40)/b16-15+,19-18+,24-22+/t33-/m1/s1. The van der Waals surface area contributed by atoms with Crippen LogP contribution < -0.4 is 0 Å². The minimum absolute atomic E-state index is 0.141. The number of hydrogen-bond donors (Lipinski definition) is 2. The van der Waals surface area contributed by atoms with E-state index in [0.29, 0.717) is 12.8 Å². The molecule has 0 rings (SSSR count). The van der Waals surface area contributed by atoms with E-state index >= 15 is 0 Å². The molecule has 0 saturated carbocycles. The Morgan fingerprint density at radius 2 is 1.05 bits per heavy atom. The number of hydrogen-bond acceptors (Lipinski definition) is 6. The van der Waals surface area contributed by atoms with Crippen LogP contribution in [0, 0.1) is 0 Å². The van der Waals surface area contributed by atoms with Gasteiger partial charge in [-0.05, 0) is 44.9 Å². The van der Waals surface area contributed by atoms with Crippen LogP contribution in [0.1, 0.15) is 155 Å². The summed E-state index contributed by atoms with van der Waals surface area (Å²) in [5.74, 6) is -0.950. The molecule has 44 heavy (non-hydrogen) atoms. The Labute approximate surface area is 268 Å². The third kappa shape index (κ3) is 33.2. The summed E-state index contributed by atoms with van der Waals surface area (Å²) < 4.78 is 26.1. The van der Waals surface area contributed by atoms with Crippen LogP contribution in [0.15, 0.2) is 36.5 Å². The molecule has 9 heteroatoms. The van der Waals surface area contributed by atoms with E-state index < -0.39 is 32.5 Å². The van der Waals surface area contributed by atoms with E-state index in [-0.39, 0.29) is 19.4 Å². The summed E-state index contributed by atoms with van der Waals surface area (Å²) in [7, 11) is -4.75. The van der Waals surface area contributed by atoms with Crippen molar-refractivity contribution in [1.29, 1.82) is 0 Å². The van der Waals surface area contributed by atoms with Crippen molar-refractivity contribution in [2.75, 3.05) is 13.2 Å². The summed E-state index contributed by atoms with van der Waals surface area (Å²) in [4.78, 5) is 42.4. The minimum atomic E-state index is -4.75. The zero-order valence-corrected chi connectivity index (χ0v) is 28.7. The van der Waals surface area contributed by atoms with Gasteiger partial charge < -0.3 is 19.3 Å². The second-order valence-electron chi connectivity index (χ2n) is 11.5. The number of unbranched alkanes of at least 4 members (excludes halogenated alkanes) is 15. The van der Waals surface area contributed by atoms with Crippen LogP contribution in [0.25, 0.3) is 0 Å². The number of carbonyl (C=O) groups is 2. The fourth-order valence-electron chi connectivity index (χ4n) is 4.56. The maximum atomic E-state index is 12.3. The molecule has 0 saturated heterocycles. The summed E-state index contributed by atoms with van der Waals surface area (Å²) in [5, 5.41) is 0. The predicted octanol–water partition coefficient (Wildman–Crippen LogP) is 9.84. The first-order valence-corrected chi connectivity index (χ1v) is 18.8. The van der Waals surface area contributed by atoms with Gasteiger partial charge in [0.25, 0.3) is 0 Å². The number of rotatable bonds is 31. The molecule has 0 bridgehead atoms. The molecule has 0 spiro atoms. The number of phosphoric ester groups is 1. The smallest absolute Gasteiger partial charge is 0.462 e. The van der Waals surface area contributed by atoms with Crippen molar-refractivity contribution in [3.05, 3.63) is 36.5 Å². The topological polar surface area (TPSA) is 119 Å². The van der Waals surface area contributed by atoms with E-state index in [9.17, 15) is 14.2 Å². The van der Waals surface area contributed by atoms with Crippen molar-refractivity contribution in [3.8, 4) is 0 Å². The van der Waals surface area contributed by atoms with Crippen molar-refractivity contribution in [2.45, 2.75) is 161 Å². The van der Waals surface area contributed by atoms with Gasteiger partial charge in [0.1, 0.15) is 6.61 Å². The van der Waals surface area contributed by atoms with Crippen LogP contribution >= 0.6 is 7.82 Å². The average Bonchev–Trinajstić information content (AvgIpc) is 2.98. The molecular formula is C35H63O8P. The maximum Gasteiger partial charge on any atom is 0.469 e. The van der Waals surface area contributed by atoms with E-state index in [2.05, 4.69) is 48.8 Å². The number of ether oxygens (including phenoxy) is 2. The molecule has 0 amide bonds. The van der Waals surface area contributed by atoms with Gasteiger partial charge in [-0.15, -0.1) is 0 Å². The predicted molar refractivity (Wildman–Crippen MR) is 179 cm³/mol. The molecule has 0 aliphatic carbocycles. The Morgan fingerprint density at radius 1 is 0.591 bits per heavy atom. The zero-order chi connectivity index (χ0) is 32.6. The number of esters is 2. The van der Waals surface area contributed by atoms with Crippen molar-refractivity contribution in [2.24, 2.45) is 0 Å². The Hall–Kier alpha value is -1.73. The number of phosphoric acid groups is 1. The summed E-state index contributed by atoms with van der Waals surface area (Å²) in [6.45, 7) is 3.59. The molecule has 0 fully saturated rings. The zero-order valence-electron chi connectivity index (χ0n) is 27.8. The molecule has 0 radical (unpaired) electrons. The Kier molecular flexibility index (Phi) is 30.0. The Balaban J connectivity index is 4.10. The van der Waals surface area contributed by atoms with Gasteiger partial charge in [-0.25, -0.2) is 4.57 Å². The minimum Gasteiger partial charge on any atom is -0.462 e. The lowest BCUT2D eigenvalue weighted by molar-refractivity contribution is -0.161. The molecule has 0 aromatic rings. The van der Waals surface area contributed by atoms with E-state index in [1.54, 1.807) is 0 Å². The summed E-state index contributed by atoms with van der Waals surface area (Å²) in [5.41, 5.74) is 0. The number of allylic oxidation sites excluding steroid dienone is 6. The SMILES string of the molecule is CCCCCCCC/C=C/C/C=C/C/C=C/CCCC(=O)O[C@H](COC(=O)CCCCCCCCCCC)COP(=O)(O)O. The molecule has 1 atom stereocenters. The fraction of sp³-hybridized carbons (Fsp3) is 0.771. The van der Waals surface area contributed by atoms with Crippen LogP contribution in [0.5, 0.6) is 0 Å². The molecule has 0 aromatic carbocycles. The van der Waals surface area contributed by atoms with Gasteiger partial charge in [0.2, 0.25) is 0 Å². The molecule has 0 heterocycles. The molecular weight excluding hydrogens is 579 g/mol. The third-order valence-corrected chi connectivity index (χ3v) is 7.65. The van der Waals surface area contributed by atoms with Crippen molar-refractivity contribution in [1.82, 2.24) is 0 Å². The van der Waals surface area contributed by atoms with E-state index in [1.165, 1.54) is 77.0 Å². The van der Waals surface area contributed by atoms with Crippen LogP contribution in [0.3, 0.4) is 0 Å². The van der Waals surface area contributed by atoms with E-state index in [1.807, 2.05) is 6.08 Å². The normalized spacial score (nSPS) is 12.9. The summed E-state index contributed by atoms with van der Waals surface area (Å²) in [6, 6.07) is 0. The van der Waals surface area contributed by atoms with Gasteiger partial charge in [-0.2, -0.15) is 0 Å². The van der Waals surface area contributed by atoms with Gasteiger partial charge in [0.05, 0.1) is 6.61 Å². The molecule has 0 aliphatic heterocycles. The van der Waals surface area contributed by atoms with Crippen molar-refractivity contribution in [3.63, 3.8) is 0 Å². The Morgan fingerprint density at radius 3 is 1.59 bits per heavy atom. The Bertz CT molecular complexity index is 818. The number of carbonyl (C=O) groups excluding carboxylic acids is 2. The molecule has 8 nitrogen and oxygen atoms in total. The van der Waals surface area contributed by atoms with Gasteiger partial charge in [-0.1, -0.05) is 134 Å². The highest BCUT2D eigenvalue weighted by Crippen LogP contribution is 2.35. The lowest BCUT2D eigenvalue weighted by Crippen LogP contribution is -2.29. The molecule has 0 aromatic heterocycles. The van der Waals surface area contributed by atoms with E-state index in [4.69, 9.17) is 19.3 Å². The second-order valence-corrected chi connectivity index (χ2v) is 12.7. The van der Waals surface area contributed by atoms with Gasteiger partial charge in [0, 0.05) is 12.8 Å². The monoisotopic (exact) mass is 642 g/mol. The first-order chi connectivity index (χ1) is 21.3. The van der Waals surface area contributed by atoms with Crippen LogP contribution in [0.2, 0.25) is 0 Å². The van der Waals surface area contributed by atoms with Crippen LogP contribution in [-0.2, 0) is 28.2 Å². The van der Waals surface area contributed by atoms with Gasteiger partial charge in [0.15, 0.2) is 6.10 Å². The van der Waals surface area contributed by atoms with Crippen molar-refractivity contribution < 1.29 is 37.9 Å². The highest BCUT2D eigenvalue weighted by atomic mass is 31.2. The van der Waals surface area contributed by atoms with Gasteiger partial charge >= 0.3 is 19.8 Å². The van der Waals surface area contributed by atoms with Gasteiger partial charge in [-0.3, -0.25) is 14.1 Å². The molecule has 2 N–H and O–H groups in total. The molecule has 0 aliphatic rings. The summed E-state index contributed by atoms with van der Waals surface area (Å²) >= 11 is 0. The van der Waals surface area contributed by atoms with Crippen LogP contribution in [-0.4, -0.2) is 41.0 Å².